The van der Waals surface area contributed by atoms with Gasteiger partial charge in [-0.2, -0.15) is 0 Å². The molecule has 1 heterocycles. The smallest absolute Gasteiger partial charge is 0.407 e. The minimum atomic E-state index is -0.711. The van der Waals surface area contributed by atoms with Gasteiger partial charge in [-0.05, 0) is 12.1 Å². The summed E-state index contributed by atoms with van der Waals surface area (Å²) in [5.41, 5.74) is 0.394. The van der Waals surface area contributed by atoms with Crippen LogP contribution < -0.4 is 10.6 Å². The number of cyclic esters (lactones) is 1. The summed E-state index contributed by atoms with van der Waals surface area (Å²) in [6, 6.07) is 4.18. The highest BCUT2D eigenvalue weighted by molar-refractivity contribution is 6.44. The van der Waals surface area contributed by atoms with Crippen LogP contribution in [-0.4, -0.2) is 24.6 Å². The molecule has 0 bridgehead atoms. The minimum absolute atomic E-state index is 0.00283. The number of nitrogens with one attached hydrogen (secondary N) is 2. The summed E-state index contributed by atoms with van der Waals surface area (Å²) < 4.78 is 4.61. The van der Waals surface area contributed by atoms with E-state index in [0.29, 0.717) is 10.7 Å². The summed E-state index contributed by atoms with van der Waals surface area (Å²) in [5, 5.41) is 5.52. The van der Waals surface area contributed by atoms with E-state index >= 15 is 0 Å². The number of anilines is 1. The van der Waals surface area contributed by atoms with E-state index in [4.69, 9.17) is 23.2 Å². The van der Waals surface area contributed by atoms with Gasteiger partial charge in [0.2, 0.25) is 0 Å². The first kappa shape index (κ1) is 12.0. The molecule has 1 unspecified atom stereocenters. The highest BCUT2D eigenvalue weighted by atomic mass is 35.5. The van der Waals surface area contributed by atoms with E-state index in [1.807, 2.05) is 0 Å². The maximum atomic E-state index is 11.7. The third kappa shape index (κ3) is 2.62. The van der Waals surface area contributed by atoms with Crippen LogP contribution >= 0.6 is 23.2 Å². The number of benzene rings is 1. The number of hydrogen-bond acceptors (Lipinski definition) is 3. The molecule has 2 rings (SSSR count). The lowest BCUT2D eigenvalue weighted by Crippen LogP contribution is -2.38. The van der Waals surface area contributed by atoms with E-state index in [2.05, 4.69) is 15.4 Å². The maximum Gasteiger partial charge on any atom is 0.407 e. The molecule has 7 heteroatoms. The predicted molar refractivity (Wildman–Crippen MR) is 63.4 cm³/mol. The quantitative estimate of drug-likeness (QED) is 0.867. The molecule has 1 fully saturated rings. The molecule has 1 atom stereocenters. The fourth-order valence-electron chi connectivity index (χ4n) is 1.35. The number of carbonyl (C=O) groups is 2. The van der Waals surface area contributed by atoms with Crippen molar-refractivity contribution in [1.29, 1.82) is 0 Å². The van der Waals surface area contributed by atoms with Crippen LogP contribution in [0.5, 0.6) is 0 Å². The molecule has 0 saturated carbocycles. The molecule has 90 valence electrons. The van der Waals surface area contributed by atoms with Gasteiger partial charge in [0.1, 0.15) is 12.6 Å². The number of ether oxygens (including phenoxy) is 1. The Morgan fingerprint density at radius 2 is 2.24 bits per heavy atom. The lowest BCUT2D eigenvalue weighted by molar-refractivity contribution is -0.117. The fraction of sp³-hybridized carbons (Fsp3) is 0.200. The van der Waals surface area contributed by atoms with Gasteiger partial charge in [-0.3, -0.25) is 4.79 Å². The van der Waals surface area contributed by atoms with E-state index in [0.717, 1.165) is 0 Å². The molecular weight excluding hydrogens is 267 g/mol. The molecule has 1 saturated heterocycles. The van der Waals surface area contributed by atoms with E-state index in [1.165, 1.54) is 0 Å². The number of alkyl carbamates (subject to hydrolysis) is 1. The zero-order valence-corrected chi connectivity index (χ0v) is 10.0. The van der Waals surface area contributed by atoms with E-state index < -0.39 is 18.0 Å². The average Bonchev–Trinajstić information content (AvgIpc) is 2.72. The highest BCUT2D eigenvalue weighted by Gasteiger charge is 2.29. The Morgan fingerprint density at radius 3 is 2.88 bits per heavy atom. The molecule has 2 N–H and O–H groups in total. The second-order valence-electron chi connectivity index (χ2n) is 3.39. The Kier molecular flexibility index (Phi) is 3.40. The Morgan fingerprint density at radius 1 is 1.47 bits per heavy atom. The third-order valence-electron chi connectivity index (χ3n) is 2.20. The van der Waals surface area contributed by atoms with Gasteiger partial charge in [0.25, 0.3) is 5.91 Å². The van der Waals surface area contributed by atoms with Gasteiger partial charge >= 0.3 is 6.09 Å². The summed E-state index contributed by atoms with van der Waals surface area (Å²) in [6.07, 6.45) is -0.609. The largest absolute Gasteiger partial charge is 0.447 e. The second kappa shape index (κ2) is 4.81. The van der Waals surface area contributed by atoms with Crippen LogP contribution in [0.1, 0.15) is 0 Å². The summed E-state index contributed by atoms with van der Waals surface area (Å²) >= 11 is 11.7. The van der Waals surface area contributed by atoms with Crippen molar-refractivity contribution < 1.29 is 14.3 Å². The first-order chi connectivity index (χ1) is 8.08. The van der Waals surface area contributed by atoms with Gasteiger partial charge in [-0.15, -0.1) is 0 Å². The van der Waals surface area contributed by atoms with Gasteiger partial charge in [-0.25, -0.2) is 4.79 Å². The predicted octanol–water partition coefficient (Wildman–Crippen LogP) is 2.04. The summed E-state index contributed by atoms with van der Waals surface area (Å²) in [5.74, 6) is -0.403. The highest BCUT2D eigenvalue weighted by Crippen LogP contribution is 2.29. The zero-order valence-electron chi connectivity index (χ0n) is 8.50. The number of carbonyl (C=O) groups excluding carboxylic acids is 2. The molecule has 17 heavy (non-hydrogen) atoms. The van der Waals surface area contributed by atoms with Crippen molar-refractivity contribution in [3.63, 3.8) is 0 Å². The van der Waals surface area contributed by atoms with Crippen molar-refractivity contribution in [3.05, 3.63) is 28.2 Å². The molecule has 2 amide bonds. The molecule has 1 aliphatic heterocycles. The SMILES string of the molecule is O=C1NC(C(=O)Nc2cccc(Cl)c2Cl)CO1. The molecular formula is C10H8Cl2N2O3. The van der Waals surface area contributed by atoms with Crippen LogP contribution in [0.15, 0.2) is 18.2 Å². The first-order valence-corrected chi connectivity index (χ1v) is 5.51. The zero-order chi connectivity index (χ0) is 12.4. The van der Waals surface area contributed by atoms with Crippen molar-refractivity contribution in [2.75, 3.05) is 11.9 Å². The van der Waals surface area contributed by atoms with Gasteiger partial charge in [0.15, 0.2) is 0 Å². The maximum absolute atomic E-state index is 11.7. The topological polar surface area (TPSA) is 67.4 Å². The molecule has 1 aromatic rings. The van der Waals surface area contributed by atoms with E-state index in [-0.39, 0.29) is 11.6 Å². The summed E-state index contributed by atoms with van der Waals surface area (Å²) in [4.78, 5) is 22.5. The van der Waals surface area contributed by atoms with Gasteiger partial charge in [0.05, 0.1) is 15.7 Å². The van der Waals surface area contributed by atoms with Gasteiger partial charge < -0.3 is 15.4 Å². The number of halogens is 2. The average molecular weight is 275 g/mol. The number of hydrogen-bond donors (Lipinski definition) is 2. The van der Waals surface area contributed by atoms with Crippen molar-refractivity contribution in [2.24, 2.45) is 0 Å². The monoisotopic (exact) mass is 274 g/mol. The van der Waals surface area contributed by atoms with Crippen molar-refractivity contribution >= 4 is 40.9 Å². The normalized spacial score (nSPS) is 18.5. The molecule has 0 aliphatic carbocycles. The molecule has 1 aliphatic rings. The second-order valence-corrected chi connectivity index (χ2v) is 4.17. The van der Waals surface area contributed by atoms with Crippen molar-refractivity contribution in [3.8, 4) is 0 Å². The number of amides is 2. The van der Waals surface area contributed by atoms with Crippen LogP contribution in [0.2, 0.25) is 10.0 Å². The Bertz CT molecular complexity index is 479. The standard InChI is InChI=1S/C10H8Cl2N2O3/c11-5-2-1-3-6(8(5)12)13-9(15)7-4-17-10(16)14-7/h1-3,7H,4H2,(H,13,15)(H,14,16). The molecule has 0 aromatic heterocycles. The van der Waals surface area contributed by atoms with E-state index in [1.54, 1.807) is 18.2 Å². The van der Waals surface area contributed by atoms with Crippen LogP contribution in [0.25, 0.3) is 0 Å². The molecule has 1 aromatic carbocycles. The summed E-state index contributed by atoms with van der Waals surface area (Å²) in [7, 11) is 0. The van der Waals surface area contributed by atoms with Crippen LogP contribution in [-0.2, 0) is 9.53 Å². The third-order valence-corrected chi connectivity index (χ3v) is 3.02. The van der Waals surface area contributed by atoms with E-state index in [9.17, 15) is 9.59 Å². The van der Waals surface area contributed by atoms with Crippen LogP contribution in [0.3, 0.4) is 0 Å². The molecule has 0 radical (unpaired) electrons. The van der Waals surface area contributed by atoms with Crippen molar-refractivity contribution in [1.82, 2.24) is 5.32 Å². The minimum Gasteiger partial charge on any atom is -0.447 e. The summed E-state index contributed by atoms with van der Waals surface area (Å²) in [6.45, 7) is 0.00283. The molecule has 0 spiro atoms. The first-order valence-electron chi connectivity index (χ1n) is 4.76. The van der Waals surface area contributed by atoms with Crippen LogP contribution in [0, 0.1) is 0 Å². The van der Waals surface area contributed by atoms with Crippen LogP contribution in [0.4, 0.5) is 10.5 Å². The van der Waals surface area contributed by atoms with Crippen molar-refractivity contribution in [2.45, 2.75) is 6.04 Å². The fourth-order valence-corrected chi connectivity index (χ4v) is 1.69. The Hall–Kier alpha value is -1.46. The Balaban J connectivity index is 2.08. The lowest BCUT2D eigenvalue weighted by Gasteiger charge is -2.10. The lowest BCUT2D eigenvalue weighted by atomic mass is 10.2. The Labute approximate surface area is 107 Å². The van der Waals surface area contributed by atoms with Gasteiger partial charge in [-0.1, -0.05) is 29.3 Å². The molecule has 5 nitrogen and oxygen atoms in total. The number of rotatable bonds is 2. The van der Waals surface area contributed by atoms with Gasteiger partial charge in [0, 0.05) is 0 Å².